The summed E-state index contributed by atoms with van der Waals surface area (Å²) in [7, 11) is 0. The van der Waals surface area contributed by atoms with Crippen LogP contribution in [-0.2, 0) is 22.4 Å². The largest absolute Gasteiger partial charge is 0.349 e. The van der Waals surface area contributed by atoms with Gasteiger partial charge in [-0.3, -0.25) is 9.59 Å². The van der Waals surface area contributed by atoms with Gasteiger partial charge in [-0.15, -0.1) is 11.3 Å². The molecule has 1 aromatic carbocycles. The van der Waals surface area contributed by atoms with Crippen LogP contribution in [0.3, 0.4) is 0 Å². The lowest BCUT2D eigenvalue weighted by Crippen LogP contribution is -2.31. The van der Waals surface area contributed by atoms with E-state index in [0.717, 1.165) is 40.4 Å². The summed E-state index contributed by atoms with van der Waals surface area (Å²) in [6.45, 7) is 7.02. The third-order valence-corrected chi connectivity index (χ3v) is 6.60. The van der Waals surface area contributed by atoms with Crippen molar-refractivity contribution in [3.63, 3.8) is 0 Å². The normalized spacial score (nSPS) is 18.0. The van der Waals surface area contributed by atoms with Crippen LogP contribution >= 0.6 is 11.3 Å². The van der Waals surface area contributed by atoms with Crippen molar-refractivity contribution in [3.8, 4) is 6.07 Å². The van der Waals surface area contributed by atoms with Crippen LogP contribution in [-0.4, -0.2) is 23.2 Å². The zero-order valence-electron chi connectivity index (χ0n) is 16.4. The highest BCUT2D eigenvalue weighted by molar-refractivity contribution is 7.12. The molecule has 0 bridgehead atoms. The number of benzene rings is 1. The minimum Gasteiger partial charge on any atom is -0.349 e. The molecule has 2 aliphatic carbocycles. The number of nitriles is 1. The maximum Gasteiger partial charge on any atom is 0.227 e. The van der Waals surface area contributed by atoms with Gasteiger partial charge in [-0.1, -0.05) is 30.3 Å². The van der Waals surface area contributed by atoms with Gasteiger partial charge < -0.3 is 5.32 Å². The number of aromatic nitrogens is 1. The van der Waals surface area contributed by atoms with E-state index < -0.39 is 5.41 Å². The van der Waals surface area contributed by atoms with Gasteiger partial charge in [-0.2, -0.15) is 5.26 Å². The molecule has 2 aromatic rings. The van der Waals surface area contributed by atoms with Crippen molar-refractivity contribution in [1.82, 2.24) is 10.3 Å². The molecule has 4 rings (SSSR count). The first-order valence-electron chi connectivity index (χ1n) is 9.84. The molecule has 0 radical (unpaired) electrons. The van der Waals surface area contributed by atoms with Crippen molar-refractivity contribution in [2.45, 2.75) is 38.0 Å². The summed E-state index contributed by atoms with van der Waals surface area (Å²) < 4.78 is 0. The number of amides is 1. The van der Waals surface area contributed by atoms with Crippen LogP contribution in [0.5, 0.6) is 0 Å². The van der Waals surface area contributed by atoms with Gasteiger partial charge in [0, 0.05) is 18.8 Å². The Kier molecular flexibility index (Phi) is 5.48. The van der Waals surface area contributed by atoms with Crippen molar-refractivity contribution in [3.05, 3.63) is 62.9 Å². The number of ketones is 1. The van der Waals surface area contributed by atoms with E-state index >= 15 is 0 Å². The Bertz CT molecular complexity index is 1100. The van der Waals surface area contributed by atoms with E-state index in [1.54, 1.807) is 0 Å². The smallest absolute Gasteiger partial charge is 0.227 e. The highest BCUT2D eigenvalue weighted by Gasteiger charge is 2.44. The molecule has 1 N–H and O–H groups in total. The Morgan fingerprint density at radius 3 is 2.77 bits per heavy atom. The Morgan fingerprint density at radius 1 is 1.33 bits per heavy atom. The molecular weight excluding hydrogens is 396 g/mol. The van der Waals surface area contributed by atoms with Gasteiger partial charge >= 0.3 is 0 Å². The molecule has 1 aromatic heterocycles. The molecule has 0 aliphatic heterocycles. The lowest BCUT2D eigenvalue weighted by atomic mass is 9.90. The SMILES string of the molecule is [C-]#[N+]c1ccc(C2C=Cc3sc(CC(=O)NCC(=O)CC4(C#N)CC4)nc3C2)cc1. The Hall–Kier alpha value is -3.29. The summed E-state index contributed by atoms with van der Waals surface area (Å²) in [5.74, 6) is -0.129. The summed E-state index contributed by atoms with van der Waals surface area (Å²) in [6.07, 6.45) is 6.85. The predicted molar refractivity (Wildman–Crippen MR) is 114 cm³/mol. The average Bonchev–Trinajstić information content (AvgIpc) is 3.42. The lowest BCUT2D eigenvalue weighted by molar-refractivity contribution is -0.125. The van der Waals surface area contributed by atoms with Crippen LogP contribution in [0.25, 0.3) is 10.9 Å². The number of rotatable bonds is 7. The minimum absolute atomic E-state index is 0.0318. The van der Waals surface area contributed by atoms with Crippen molar-refractivity contribution >= 4 is 34.8 Å². The molecule has 1 atom stereocenters. The van der Waals surface area contributed by atoms with Gasteiger partial charge in [0.15, 0.2) is 11.5 Å². The van der Waals surface area contributed by atoms with Crippen molar-refractivity contribution in [2.24, 2.45) is 5.41 Å². The second-order valence-electron chi connectivity index (χ2n) is 7.85. The van der Waals surface area contributed by atoms with Crippen LogP contribution < -0.4 is 5.32 Å². The molecule has 0 saturated heterocycles. The molecule has 1 fully saturated rings. The number of thiazole rings is 1. The molecular formula is C23H20N4O2S. The first kappa shape index (κ1) is 20.0. The topological polar surface area (TPSA) is 87.2 Å². The van der Waals surface area contributed by atoms with E-state index in [0.29, 0.717) is 5.69 Å². The Labute approximate surface area is 179 Å². The Balaban J connectivity index is 1.31. The number of carbonyl (C=O) groups excluding carboxylic acids is 2. The first-order valence-corrected chi connectivity index (χ1v) is 10.7. The highest BCUT2D eigenvalue weighted by Crippen LogP contribution is 2.48. The number of allylic oxidation sites excluding steroid dienone is 1. The molecule has 1 unspecified atom stereocenters. The summed E-state index contributed by atoms with van der Waals surface area (Å²) in [5, 5.41) is 12.4. The molecule has 6 nitrogen and oxygen atoms in total. The van der Waals surface area contributed by atoms with Crippen molar-refractivity contribution in [2.75, 3.05) is 6.54 Å². The quantitative estimate of drug-likeness (QED) is 0.692. The number of Topliss-reactive ketones (excluding diaryl/α,β-unsaturated/α-hetero) is 1. The lowest BCUT2D eigenvalue weighted by Gasteiger charge is -2.16. The molecule has 1 heterocycles. The zero-order valence-corrected chi connectivity index (χ0v) is 17.2. The molecule has 1 amide bonds. The number of hydrogen-bond acceptors (Lipinski definition) is 5. The molecule has 150 valence electrons. The van der Waals surface area contributed by atoms with Crippen LogP contribution in [0.15, 0.2) is 30.3 Å². The van der Waals surface area contributed by atoms with Crippen molar-refractivity contribution < 1.29 is 9.59 Å². The molecule has 1 saturated carbocycles. The fourth-order valence-corrected chi connectivity index (χ4v) is 4.59. The van der Waals surface area contributed by atoms with Gasteiger partial charge in [0.1, 0.15) is 5.01 Å². The van der Waals surface area contributed by atoms with E-state index in [-0.39, 0.29) is 37.0 Å². The summed E-state index contributed by atoms with van der Waals surface area (Å²) in [6, 6.07) is 9.80. The van der Waals surface area contributed by atoms with Gasteiger partial charge in [-0.25, -0.2) is 9.83 Å². The van der Waals surface area contributed by atoms with Crippen molar-refractivity contribution in [1.29, 1.82) is 5.26 Å². The van der Waals surface area contributed by atoms with E-state index in [2.05, 4.69) is 27.3 Å². The fourth-order valence-electron chi connectivity index (χ4n) is 3.59. The second-order valence-corrected chi connectivity index (χ2v) is 8.97. The van der Waals surface area contributed by atoms with E-state index in [9.17, 15) is 9.59 Å². The number of nitrogens with zero attached hydrogens (tertiary/aromatic N) is 3. The summed E-state index contributed by atoms with van der Waals surface area (Å²) in [4.78, 5) is 33.3. The summed E-state index contributed by atoms with van der Waals surface area (Å²) >= 11 is 1.50. The molecule has 7 heteroatoms. The maximum absolute atomic E-state index is 12.2. The summed E-state index contributed by atoms with van der Waals surface area (Å²) in [5.41, 5.74) is 2.26. The molecule has 0 spiro atoms. The van der Waals surface area contributed by atoms with Gasteiger partial charge in [0.25, 0.3) is 0 Å². The number of nitrogens with one attached hydrogen (secondary N) is 1. The number of hydrogen-bond donors (Lipinski definition) is 1. The molecule has 2 aliphatic rings. The van der Waals surface area contributed by atoms with Gasteiger partial charge in [0.05, 0.1) is 41.6 Å². The zero-order chi connectivity index (χ0) is 21.1. The minimum atomic E-state index is -0.477. The second kappa shape index (κ2) is 8.22. The monoisotopic (exact) mass is 416 g/mol. The van der Waals surface area contributed by atoms with Gasteiger partial charge in [-0.05, 0) is 24.5 Å². The van der Waals surface area contributed by atoms with E-state index in [4.69, 9.17) is 11.8 Å². The van der Waals surface area contributed by atoms with Crippen LogP contribution in [0.2, 0.25) is 0 Å². The number of carbonyl (C=O) groups is 2. The number of fused-ring (bicyclic) bond motifs is 1. The highest BCUT2D eigenvalue weighted by atomic mass is 32.1. The first-order chi connectivity index (χ1) is 14.5. The average molecular weight is 417 g/mol. The third-order valence-electron chi connectivity index (χ3n) is 5.54. The third kappa shape index (κ3) is 4.48. The standard InChI is InChI=1S/C23H20N4O2S/c1-25-17-5-2-15(3-6-17)16-4-7-20-19(10-16)27-22(30-20)11-21(29)26-13-18(28)12-23(14-24)8-9-23/h2-7,16H,8-13H2,(H,26,29). The van der Waals surface area contributed by atoms with E-state index in [1.165, 1.54) is 11.3 Å². The van der Waals surface area contributed by atoms with Crippen LogP contribution in [0.4, 0.5) is 5.69 Å². The fraction of sp³-hybridized carbons (Fsp3) is 0.348. The maximum atomic E-state index is 12.2. The van der Waals surface area contributed by atoms with E-state index in [1.807, 2.05) is 30.3 Å². The molecule has 30 heavy (non-hydrogen) atoms. The van der Waals surface area contributed by atoms with Gasteiger partial charge in [0.2, 0.25) is 5.91 Å². The predicted octanol–water partition coefficient (Wildman–Crippen LogP) is 3.97. The Morgan fingerprint density at radius 2 is 2.10 bits per heavy atom. The van der Waals surface area contributed by atoms with Crippen LogP contribution in [0, 0.1) is 23.3 Å². The van der Waals surface area contributed by atoms with Crippen LogP contribution in [0.1, 0.15) is 46.3 Å².